The summed E-state index contributed by atoms with van der Waals surface area (Å²) in [6.45, 7) is 5.95. The first-order valence-electron chi connectivity index (χ1n) is 7.94. The van der Waals surface area contributed by atoms with Gasteiger partial charge >= 0.3 is 0 Å². The van der Waals surface area contributed by atoms with Crippen molar-refractivity contribution in [2.75, 3.05) is 44.3 Å². The number of carbonyl (C=O) groups is 1. The lowest BCUT2D eigenvalue weighted by Crippen LogP contribution is -2.49. The molecule has 0 bridgehead atoms. The number of nitrogens with zero attached hydrogens (tertiary/aromatic N) is 4. The van der Waals surface area contributed by atoms with Crippen molar-refractivity contribution in [3.8, 4) is 0 Å². The Morgan fingerprint density at radius 1 is 1.38 bits per heavy atom. The molecule has 6 heteroatoms. The van der Waals surface area contributed by atoms with E-state index in [1.54, 1.807) is 0 Å². The molecule has 0 aliphatic carbocycles. The van der Waals surface area contributed by atoms with Gasteiger partial charge in [-0.2, -0.15) is 5.10 Å². The lowest BCUT2D eigenvalue weighted by Gasteiger charge is -2.40. The normalized spacial score (nSPS) is 27.5. The number of aromatic nitrogens is 2. The first-order valence-corrected chi connectivity index (χ1v) is 7.94. The molecular weight excluding hydrogens is 268 g/mol. The smallest absolute Gasteiger partial charge is 0.227 e. The fraction of sp³-hybridized carbons (Fsp3) is 0.733. The van der Waals surface area contributed by atoms with E-state index in [0.29, 0.717) is 18.4 Å². The summed E-state index contributed by atoms with van der Waals surface area (Å²) in [4.78, 5) is 16.1. The summed E-state index contributed by atoms with van der Waals surface area (Å²) in [5.41, 5.74) is 0.958. The number of hydrogen-bond acceptors (Lipinski definition) is 4. The van der Waals surface area contributed by atoms with Gasteiger partial charge in [0, 0.05) is 45.4 Å². The molecule has 1 unspecified atom stereocenters. The molecule has 4 heterocycles. The van der Waals surface area contributed by atoms with Crippen molar-refractivity contribution >= 4 is 11.6 Å². The van der Waals surface area contributed by atoms with E-state index >= 15 is 0 Å². The fourth-order valence-corrected chi connectivity index (χ4v) is 3.54. The number of rotatable bonds is 4. The molecule has 0 aromatic carbocycles. The third-order valence-electron chi connectivity index (χ3n) is 4.83. The first kappa shape index (κ1) is 13.3. The van der Waals surface area contributed by atoms with Crippen LogP contribution in [0.25, 0.3) is 0 Å². The topological polar surface area (TPSA) is 50.6 Å². The Morgan fingerprint density at radius 3 is 3.00 bits per heavy atom. The van der Waals surface area contributed by atoms with Crippen LogP contribution in [0.5, 0.6) is 0 Å². The van der Waals surface area contributed by atoms with Gasteiger partial charge in [0.05, 0.1) is 24.5 Å². The summed E-state index contributed by atoms with van der Waals surface area (Å²) in [7, 11) is 0. The zero-order valence-electron chi connectivity index (χ0n) is 12.3. The van der Waals surface area contributed by atoms with Crippen LogP contribution in [0.2, 0.25) is 0 Å². The minimum Gasteiger partial charge on any atom is -0.381 e. The van der Waals surface area contributed by atoms with E-state index in [9.17, 15) is 4.79 Å². The molecule has 21 heavy (non-hydrogen) atoms. The second kappa shape index (κ2) is 5.42. The van der Waals surface area contributed by atoms with Crippen LogP contribution in [-0.2, 0) is 9.53 Å². The molecule has 6 nitrogen and oxygen atoms in total. The van der Waals surface area contributed by atoms with Crippen LogP contribution in [0.1, 0.15) is 25.3 Å². The molecule has 1 aromatic heterocycles. The molecule has 1 atom stereocenters. The van der Waals surface area contributed by atoms with Gasteiger partial charge < -0.3 is 9.64 Å². The number of amides is 1. The standard InChI is InChI=1S/C15H22N4O2/c20-15-2-1-4-18(15)13-6-16-19(10-13)14-8-17(9-14)7-12-3-5-21-11-12/h6,10,12,14H,1-5,7-9,11H2. The van der Waals surface area contributed by atoms with Crippen LogP contribution in [0, 0.1) is 5.92 Å². The Morgan fingerprint density at radius 2 is 2.29 bits per heavy atom. The molecule has 0 N–H and O–H groups in total. The van der Waals surface area contributed by atoms with Gasteiger partial charge in [-0.3, -0.25) is 14.4 Å². The molecule has 3 aliphatic rings. The monoisotopic (exact) mass is 290 g/mol. The van der Waals surface area contributed by atoms with E-state index in [-0.39, 0.29) is 5.91 Å². The van der Waals surface area contributed by atoms with Crippen molar-refractivity contribution in [3.63, 3.8) is 0 Å². The number of anilines is 1. The average Bonchev–Trinajstić information content (AvgIpc) is 3.14. The Kier molecular flexibility index (Phi) is 3.43. The minimum absolute atomic E-state index is 0.228. The largest absolute Gasteiger partial charge is 0.381 e. The van der Waals surface area contributed by atoms with Crippen LogP contribution in [0.15, 0.2) is 12.4 Å². The quantitative estimate of drug-likeness (QED) is 0.827. The maximum absolute atomic E-state index is 11.8. The van der Waals surface area contributed by atoms with Crippen molar-refractivity contribution < 1.29 is 9.53 Å². The highest BCUT2D eigenvalue weighted by Gasteiger charge is 2.32. The Balaban J connectivity index is 1.32. The van der Waals surface area contributed by atoms with Gasteiger partial charge in [-0.1, -0.05) is 0 Å². The van der Waals surface area contributed by atoms with Crippen LogP contribution in [0.3, 0.4) is 0 Å². The van der Waals surface area contributed by atoms with Crippen molar-refractivity contribution in [1.29, 1.82) is 0 Å². The number of hydrogen-bond donors (Lipinski definition) is 0. The molecule has 1 amide bonds. The first-order chi connectivity index (χ1) is 10.3. The predicted octanol–water partition coefficient (Wildman–Crippen LogP) is 0.903. The van der Waals surface area contributed by atoms with E-state index in [0.717, 1.165) is 51.5 Å². The van der Waals surface area contributed by atoms with Crippen LogP contribution >= 0.6 is 0 Å². The third kappa shape index (κ3) is 2.58. The van der Waals surface area contributed by atoms with Crippen molar-refractivity contribution in [2.45, 2.75) is 25.3 Å². The van der Waals surface area contributed by atoms with Gasteiger partial charge in [-0.25, -0.2) is 0 Å². The summed E-state index contributed by atoms with van der Waals surface area (Å²) < 4.78 is 7.46. The van der Waals surface area contributed by atoms with E-state index in [1.165, 1.54) is 6.42 Å². The molecule has 0 spiro atoms. The molecule has 0 radical (unpaired) electrons. The minimum atomic E-state index is 0.228. The van der Waals surface area contributed by atoms with Gasteiger partial charge in [-0.15, -0.1) is 0 Å². The van der Waals surface area contributed by atoms with Gasteiger partial charge in [0.2, 0.25) is 5.91 Å². The van der Waals surface area contributed by atoms with Gasteiger partial charge in [0.15, 0.2) is 0 Å². The van der Waals surface area contributed by atoms with Crippen LogP contribution in [-0.4, -0.2) is 60.0 Å². The SMILES string of the molecule is O=C1CCCN1c1cnn(C2CN(CC3CCOC3)C2)c1. The molecule has 0 saturated carbocycles. The van der Waals surface area contributed by atoms with Crippen molar-refractivity contribution in [1.82, 2.24) is 14.7 Å². The highest BCUT2D eigenvalue weighted by atomic mass is 16.5. The van der Waals surface area contributed by atoms with Gasteiger partial charge in [0.1, 0.15) is 0 Å². The lowest BCUT2D eigenvalue weighted by atomic mass is 10.0. The van der Waals surface area contributed by atoms with E-state index < -0.39 is 0 Å². The zero-order chi connectivity index (χ0) is 14.2. The highest BCUT2D eigenvalue weighted by Crippen LogP contribution is 2.27. The molecule has 3 saturated heterocycles. The molecule has 114 valence electrons. The van der Waals surface area contributed by atoms with E-state index in [2.05, 4.69) is 10.00 Å². The predicted molar refractivity (Wildman–Crippen MR) is 78.2 cm³/mol. The number of carbonyl (C=O) groups excluding carboxylic acids is 1. The average molecular weight is 290 g/mol. The Bertz CT molecular complexity index is 517. The van der Waals surface area contributed by atoms with Gasteiger partial charge in [0.25, 0.3) is 0 Å². The zero-order valence-corrected chi connectivity index (χ0v) is 12.3. The van der Waals surface area contributed by atoms with Crippen LogP contribution in [0.4, 0.5) is 5.69 Å². The maximum Gasteiger partial charge on any atom is 0.227 e. The summed E-state index contributed by atoms with van der Waals surface area (Å²) in [6, 6.07) is 0.457. The Hall–Kier alpha value is -1.40. The maximum atomic E-state index is 11.8. The van der Waals surface area contributed by atoms with Crippen LogP contribution < -0.4 is 4.90 Å². The van der Waals surface area contributed by atoms with E-state index in [4.69, 9.17) is 4.74 Å². The number of ether oxygens (including phenoxy) is 1. The number of likely N-dealkylation sites (tertiary alicyclic amines) is 1. The third-order valence-corrected chi connectivity index (χ3v) is 4.83. The molecule has 4 rings (SSSR count). The summed E-state index contributed by atoms with van der Waals surface area (Å²) in [6.07, 6.45) is 6.70. The second-order valence-corrected chi connectivity index (χ2v) is 6.43. The second-order valence-electron chi connectivity index (χ2n) is 6.43. The molecule has 3 aliphatic heterocycles. The van der Waals surface area contributed by atoms with Crippen molar-refractivity contribution in [3.05, 3.63) is 12.4 Å². The summed E-state index contributed by atoms with van der Waals surface area (Å²) in [5.74, 6) is 0.937. The molecule has 3 fully saturated rings. The van der Waals surface area contributed by atoms with E-state index in [1.807, 2.05) is 22.0 Å². The summed E-state index contributed by atoms with van der Waals surface area (Å²) in [5, 5.41) is 4.45. The molecule has 1 aromatic rings. The highest BCUT2D eigenvalue weighted by molar-refractivity contribution is 5.95. The molecular formula is C15H22N4O2. The fourth-order valence-electron chi connectivity index (χ4n) is 3.54. The Labute approximate surface area is 124 Å². The van der Waals surface area contributed by atoms with Crippen molar-refractivity contribution in [2.24, 2.45) is 5.92 Å². The lowest BCUT2D eigenvalue weighted by molar-refractivity contribution is -0.117. The van der Waals surface area contributed by atoms with Gasteiger partial charge in [-0.05, 0) is 18.8 Å². The summed E-state index contributed by atoms with van der Waals surface area (Å²) >= 11 is 0.